The van der Waals surface area contributed by atoms with E-state index in [9.17, 15) is 9.59 Å². The summed E-state index contributed by atoms with van der Waals surface area (Å²) in [4.78, 5) is 24.2. The molecule has 0 radical (unpaired) electrons. The lowest BCUT2D eigenvalue weighted by Crippen LogP contribution is -2.14. The van der Waals surface area contributed by atoms with Gasteiger partial charge < -0.3 is 14.8 Å². The summed E-state index contributed by atoms with van der Waals surface area (Å²) < 4.78 is 10.6. The van der Waals surface area contributed by atoms with Gasteiger partial charge >= 0.3 is 5.97 Å². The topological polar surface area (TPSA) is 64.6 Å². The molecule has 5 heteroatoms. The second kappa shape index (κ2) is 12.1. The minimum Gasteiger partial charge on any atom is -0.493 e. The number of ether oxygens (including phenoxy) is 2. The standard InChI is InChI=1S/C27H27NO4/c1-2-31-26(29)13-8-20-32-25-12-7-6-11-24(25)27(30)28-23-18-16-22(17-19-23)15-14-21-9-4-3-5-10-21/h3-7,9-12,14-19H,2,8,13,20H2,1H3,(H,28,30)/b15-14-. The molecule has 1 amide bonds. The Balaban J connectivity index is 1.56. The average molecular weight is 430 g/mol. The van der Waals surface area contributed by atoms with Crippen molar-refractivity contribution in [2.45, 2.75) is 19.8 Å². The molecule has 3 rings (SSSR count). The number of anilines is 1. The van der Waals surface area contributed by atoms with Crippen LogP contribution in [0.5, 0.6) is 5.75 Å². The van der Waals surface area contributed by atoms with Crippen molar-refractivity contribution < 1.29 is 19.1 Å². The van der Waals surface area contributed by atoms with Crippen molar-refractivity contribution in [3.63, 3.8) is 0 Å². The van der Waals surface area contributed by atoms with Gasteiger partial charge in [-0.2, -0.15) is 0 Å². The summed E-state index contributed by atoms with van der Waals surface area (Å²) in [6.45, 7) is 2.47. The molecule has 0 heterocycles. The van der Waals surface area contributed by atoms with Crippen molar-refractivity contribution in [1.82, 2.24) is 0 Å². The van der Waals surface area contributed by atoms with E-state index < -0.39 is 0 Å². The fourth-order valence-electron chi connectivity index (χ4n) is 3.04. The zero-order valence-corrected chi connectivity index (χ0v) is 18.1. The number of carbonyl (C=O) groups excluding carboxylic acids is 2. The van der Waals surface area contributed by atoms with Crippen molar-refractivity contribution in [2.75, 3.05) is 18.5 Å². The minimum absolute atomic E-state index is 0.246. The minimum atomic E-state index is -0.251. The fraction of sp³-hybridized carbons (Fsp3) is 0.185. The van der Waals surface area contributed by atoms with Gasteiger partial charge in [-0.3, -0.25) is 9.59 Å². The summed E-state index contributed by atoms with van der Waals surface area (Å²) >= 11 is 0. The third-order valence-corrected chi connectivity index (χ3v) is 4.66. The highest BCUT2D eigenvalue weighted by molar-refractivity contribution is 6.06. The number of carbonyl (C=O) groups is 2. The van der Waals surface area contributed by atoms with E-state index in [1.807, 2.05) is 72.8 Å². The second-order valence-corrected chi connectivity index (χ2v) is 7.07. The van der Waals surface area contributed by atoms with Gasteiger partial charge in [0.2, 0.25) is 0 Å². The van der Waals surface area contributed by atoms with Gasteiger partial charge in [0, 0.05) is 12.1 Å². The number of rotatable bonds is 10. The van der Waals surface area contributed by atoms with Gasteiger partial charge in [0.15, 0.2) is 0 Å². The highest BCUT2D eigenvalue weighted by Gasteiger charge is 2.12. The van der Waals surface area contributed by atoms with E-state index in [2.05, 4.69) is 5.32 Å². The third kappa shape index (κ3) is 7.13. The van der Waals surface area contributed by atoms with Crippen LogP contribution in [-0.4, -0.2) is 25.1 Å². The van der Waals surface area contributed by atoms with Gasteiger partial charge in [0.05, 0.1) is 18.8 Å². The lowest BCUT2D eigenvalue weighted by atomic mass is 10.1. The third-order valence-electron chi connectivity index (χ3n) is 4.66. The first-order chi connectivity index (χ1) is 15.7. The zero-order chi connectivity index (χ0) is 22.6. The van der Waals surface area contributed by atoms with E-state index in [1.165, 1.54) is 0 Å². The predicted molar refractivity (Wildman–Crippen MR) is 128 cm³/mol. The summed E-state index contributed by atoms with van der Waals surface area (Å²) in [5.74, 6) is -0.0148. The first-order valence-corrected chi connectivity index (χ1v) is 10.7. The van der Waals surface area contributed by atoms with Gasteiger partial charge in [0.1, 0.15) is 5.75 Å². The number of nitrogens with one attached hydrogen (secondary N) is 1. The molecular formula is C27H27NO4. The summed E-state index contributed by atoms with van der Waals surface area (Å²) in [6, 6.07) is 24.8. The van der Waals surface area contributed by atoms with Crippen LogP contribution in [0.4, 0.5) is 5.69 Å². The summed E-state index contributed by atoms with van der Waals surface area (Å²) in [5, 5.41) is 2.91. The molecular weight excluding hydrogens is 402 g/mol. The van der Waals surface area contributed by atoms with Gasteiger partial charge in [0.25, 0.3) is 5.91 Å². The fourth-order valence-corrected chi connectivity index (χ4v) is 3.04. The quantitative estimate of drug-likeness (QED) is 0.250. The van der Waals surface area contributed by atoms with E-state index in [0.717, 1.165) is 11.1 Å². The highest BCUT2D eigenvalue weighted by atomic mass is 16.5. The molecule has 0 aliphatic heterocycles. The second-order valence-electron chi connectivity index (χ2n) is 7.07. The molecule has 0 unspecified atom stereocenters. The molecule has 0 spiro atoms. The maximum atomic E-state index is 12.8. The van der Waals surface area contributed by atoms with Crippen LogP contribution in [0, 0.1) is 0 Å². The first-order valence-electron chi connectivity index (χ1n) is 10.7. The highest BCUT2D eigenvalue weighted by Crippen LogP contribution is 2.21. The van der Waals surface area contributed by atoms with Crippen molar-refractivity contribution in [2.24, 2.45) is 0 Å². The Bertz CT molecular complexity index is 1040. The molecule has 3 aromatic rings. The van der Waals surface area contributed by atoms with E-state index in [1.54, 1.807) is 25.1 Å². The summed E-state index contributed by atoms with van der Waals surface area (Å²) in [6.07, 6.45) is 4.88. The van der Waals surface area contributed by atoms with Gasteiger partial charge in [-0.15, -0.1) is 0 Å². The number of amides is 1. The van der Waals surface area contributed by atoms with Crippen LogP contribution in [0.1, 0.15) is 41.3 Å². The van der Waals surface area contributed by atoms with E-state index >= 15 is 0 Å². The molecule has 0 bridgehead atoms. The van der Waals surface area contributed by atoms with Crippen molar-refractivity contribution in [3.05, 3.63) is 95.6 Å². The zero-order valence-electron chi connectivity index (χ0n) is 18.1. The SMILES string of the molecule is CCOC(=O)CCCOc1ccccc1C(=O)Nc1ccc(/C=C\c2ccccc2)cc1. The molecule has 0 aliphatic rings. The van der Waals surface area contributed by atoms with E-state index in [0.29, 0.717) is 36.6 Å². The Labute approximate surface area is 188 Å². The molecule has 164 valence electrons. The van der Waals surface area contributed by atoms with Gasteiger partial charge in [-0.05, 0) is 48.7 Å². The maximum absolute atomic E-state index is 12.8. The molecule has 0 aromatic heterocycles. The molecule has 3 aromatic carbocycles. The summed E-state index contributed by atoms with van der Waals surface area (Å²) in [7, 11) is 0. The molecule has 5 nitrogen and oxygen atoms in total. The normalized spacial score (nSPS) is 10.7. The largest absolute Gasteiger partial charge is 0.493 e. The molecule has 1 N–H and O–H groups in total. The van der Waals surface area contributed by atoms with Gasteiger partial charge in [-0.25, -0.2) is 0 Å². The molecule has 0 saturated heterocycles. The van der Waals surface area contributed by atoms with Crippen molar-refractivity contribution in [3.8, 4) is 5.75 Å². The lowest BCUT2D eigenvalue weighted by Gasteiger charge is -2.12. The van der Waals surface area contributed by atoms with Crippen LogP contribution in [0.25, 0.3) is 12.2 Å². The van der Waals surface area contributed by atoms with Crippen LogP contribution in [0.2, 0.25) is 0 Å². The molecule has 32 heavy (non-hydrogen) atoms. The number of esters is 1. The van der Waals surface area contributed by atoms with Crippen LogP contribution in [-0.2, 0) is 9.53 Å². The average Bonchev–Trinajstić information content (AvgIpc) is 2.82. The van der Waals surface area contributed by atoms with E-state index in [-0.39, 0.29) is 18.3 Å². The molecule has 0 aliphatic carbocycles. The van der Waals surface area contributed by atoms with Crippen LogP contribution >= 0.6 is 0 Å². The van der Waals surface area contributed by atoms with Crippen molar-refractivity contribution >= 4 is 29.7 Å². The summed E-state index contributed by atoms with van der Waals surface area (Å²) in [5.41, 5.74) is 3.31. The smallest absolute Gasteiger partial charge is 0.305 e. The molecule has 0 atom stereocenters. The van der Waals surface area contributed by atoms with E-state index in [4.69, 9.17) is 9.47 Å². The Hall–Kier alpha value is -3.86. The first kappa shape index (κ1) is 22.8. The number of hydrogen-bond acceptors (Lipinski definition) is 4. The predicted octanol–water partition coefficient (Wildman–Crippen LogP) is 5.83. The Morgan fingerprint density at radius 1 is 0.844 bits per heavy atom. The van der Waals surface area contributed by atoms with Crippen LogP contribution < -0.4 is 10.1 Å². The Morgan fingerprint density at radius 3 is 2.22 bits per heavy atom. The van der Waals surface area contributed by atoms with Gasteiger partial charge in [-0.1, -0.05) is 66.7 Å². The monoisotopic (exact) mass is 429 g/mol. The van der Waals surface area contributed by atoms with Crippen LogP contribution in [0.3, 0.4) is 0 Å². The number of hydrogen-bond donors (Lipinski definition) is 1. The maximum Gasteiger partial charge on any atom is 0.305 e. The van der Waals surface area contributed by atoms with Crippen molar-refractivity contribution in [1.29, 1.82) is 0 Å². The van der Waals surface area contributed by atoms with Crippen LogP contribution in [0.15, 0.2) is 78.9 Å². The lowest BCUT2D eigenvalue weighted by molar-refractivity contribution is -0.143. The molecule has 0 saturated carbocycles. The molecule has 0 fully saturated rings. The Morgan fingerprint density at radius 2 is 1.50 bits per heavy atom. The number of benzene rings is 3. The Kier molecular flexibility index (Phi) is 8.63. The number of para-hydroxylation sites is 1.